The number of nitrogens with one attached hydrogen (secondary N) is 1. The number of hydrogen-bond acceptors (Lipinski definition) is 11. The van der Waals surface area contributed by atoms with Crippen molar-refractivity contribution in [3.8, 4) is 0 Å². The lowest BCUT2D eigenvalue weighted by Gasteiger charge is -2.24. The number of halogens is 1. The topological polar surface area (TPSA) is 264 Å². The molecule has 2 unspecified atom stereocenters. The van der Waals surface area contributed by atoms with Gasteiger partial charge in [-0.05, 0) is 0 Å². The smallest absolute Gasteiger partial charge is 0.385 e. The fourth-order valence-corrected chi connectivity index (χ4v) is 5.07. The van der Waals surface area contributed by atoms with E-state index in [0.717, 1.165) is 0 Å². The van der Waals surface area contributed by atoms with Gasteiger partial charge in [-0.25, -0.2) is 22.9 Å². The number of alkyl halides is 1. The van der Waals surface area contributed by atoms with E-state index in [-0.39, 0.29) is 4.57 Å². The molecule has 0 amide bonds. The van der Waals surface area contributed by atoms with Crippen molar-refractivity contribution in [3.05, 3.63) is 33.1 Å². The number of ether oxygens (including phenoxy) is 1. The normalized spacial score (nSPS) is 34.2. The molecule has 0 spiro atoms. The van der Waals surface area contributed by atoms with Crippen molar-refractivity contribution in [1.29, 1.82) is 0 Å². The van der Waals surface area contributed by atoms with Crippen LogP contribution >= 0.6 is 23.5 Å². The van der Waals surface area contributed by atoms with Crippen molar-refractivity contribution in [3.63, 3.8) is 0 Å². The molecule has 1 saturated heterocycles. The number of hydrogen-bond donors (Lipinski definition) is 7. The standard InChI is InChI=1S/C9H14FN2O15P3/c10-9(3-24-29(20,21)27-30(22,23)26-28(17,18)19)6(15)5(14)7(25-9)12-2-1-4(13)11-8(12)16/h1-2,5-7,14-15H,3H2,(H,20,21)(H,22,23)(H,11,13,16)(H2,17,18,19)/t5-,6+,7-,9-/m1/s1/i7D. The van der Waals surface area contributed by atoms with Gasteiger partial charge in [-0.15, -0.1) is 0 Å². The Morgan fingerprint density at radius 3 is 2.33 bits per heavy atom. The van der Waals surface area contributed by atoms with E-state index in [1.807, 2.05) is 0 Å². The van der Waals surface area contributed by atoms with E-state index in [0.29, 0.717) is 12.3 Å². The largest absolute Gasteiger partial charge is 0.490 e. The van der Waals surface area contributed by atoms with E-state index in [9.17, 15) is 42.8 Å². The molecule has 1 aliphatic heterocycles. The number of phosphoric acid groups is 3. The summed E-state index contributed by atoms with van der Waals surface area (Å²) >= 11 is 0. The number of nitrogens with zero attached hydrogens (tertiary/aromatic N) is 1. The second-order valence-corrected chi connectivity index (χ2v) is 9.88. The predicted octanol–water partition coefficient (Wildman–Crippen LogP) is -2.20. The number of rotatable bonds is 8. The van der Waals surface area contributed by atoms with Crippen LogP contribution in [0.4, 0.5) is 4.39 Å². The lowest BCUT2D eigenvalue weighted by Crippen LogP contribution is -2.43. The van der Waals surface area contributed by atoms with Gasteiger partial charge in [0.25, 0.3) is 11.4 Å². The molecular weight excluding hydrogens is 488 g/mol. The lowest BCUT2D eigenvalue weighted by molar-refractivity contribution is -0.204. The summed E-state index contributed by atoms with van der Waals surface area (Å²) in [6.07, 6.45) is -7.80. The highest BCUT2D eigenvalue weighted by Crippen LogP contribution is 2.66. The molecule has 2 heterocycles. The van der Waals surface area contributed by atoms with Gasteiger partial charge in [-0.3, -0.25) is 18.9 Å². The highest BCUT2D eigenvalue weighted by atomic mass is 31.3. The Balaban J connectivity index is 2.22. The van der Waals surface area contributed by atoms with Crippen molar-refractivity contribution in [1.82, 2.24) is 9.55 Å². The fraction of sp³-hybridized carbons (Fsp3) is 0.556. The van der Waals surface area contributed by atoms with E-state index in [1.54, 1.807) is 4.98 Å². The second kappa shape index (κ2) is 8.44. The van der Waals surface area contributed by atoms with Crippen LogP contribution in [0, 0.1) is 0 Å². The first-order chi connectivity index (χ1) is 13.8. The number of H-pyrrole nitrogens is 1. The molecule has 1 fully saturated rings. The minimum atomic E-state index is -5.92. The third kappa shape index (κ3) is 6.21. The molecule has 0 saturated carbocycles. The van der Waals surface area contributed by atoms with Gasteiger partial charge < -0.3 is 34.5 Å². The summed E-state index contributed by atoms with van der Waals surface area (Å²) in [5.74, 6) is -3.72. The molecule has 172 valence electrons. The number of aliphatic hydroxyl groups is 2. The summed E-state index contributed by atoms with van der Waals surface area (Å²) in [4.78, 5) is 59.7. The number of aromatic nitrogens is 2. The maximum Gasteiger partial charge on any atom is 0.490 e. The van der Waals surface area contributed by atoms with Crippen LogP contribution < -0.4 is 11.2 Å². The molecule has 0 aliphatic carbocycles. The van der Waals surface area contributed by atoms with E-state index in [1.165, 1.54) is 0 Å². The average Bonchev–Trinajstić information content (AvgIpc) is 2.71. The maximum absolute atomic E-state index is 14.9. The SMILES string of the molecule is [2H][C@@]1(n2ccc(=O)[nH]c2=O)O[C@](F)(COP(=O)(O)OP(=O)(O)OP(=O)(O)O)[C@@H](O)[C@H]1O. The zero-order valence-electron chi connectivity index (χ0n) is 15.0. The van der Waals surface area contributed by atoms with Gasteiger partial charge in [0, 0.05) is 12.3 Å². The third-order valence-electron chi connectivity index (χ3n) is 3.17. The molecule has 0 radical (unpaired) electrons. The fourth-order valence-electron chi connectivity index (χ4n) is 2.04. The van der Waals surface area contributed by atoms with E-state index in [2.05, 4.69) is 17.9 Å². The van der Waals surface area contributed by atoms with Crippen LogP contribution in [-0.2, 0) is 31.6 Å². The monoisotopic (exact) mass is 503 g/mol. The first-order valence-corrected chi connectivity index (χ1v) is 11.7. The highest BCUT2D eigenvalue weighted by molar-refractivity contribution is 7.66. The molecule has 1 aliphatic rings. The Hall–Kier alpha value is -1.10. The summed E-state index contributed by atoms with van der Waals surface area (Å²) in [6, 6.07) is 0.685. The van der Waals surface area contributed by atoms with Crippen LogP contribution in [0.15, 0.2) is 21.9 Å². The molecule has 7 N–H and O–H groups in total. The molecule has 1 aromatic rings. The zero-order chi connectivity index (χ0) is 24.0. The molecule has 6 atom stereocenters. The number of phosphoric ester groups is 1. The number of aliphatic hydroxyl groups excluding tert-OH is 2. The van der Waals surface area contributed by atoms with Crippen LogP contribution in [-0.4, -0.2) is 64.0 Å². The summed E-state index contributed by atoms with van der Waals surface area (Å²) in [5, 5.41) is 19.8. The van der Waals surface area contributed by atoms with Gasteiger partial charge in [0.05, 0.1) is 1.37 Å². The summed E-state index contributed by atoms with van der Waals surface area (Å²) < 4.78 is 71.8. The average molecular weight is 503 g/mol. The first kappa shape index (κ1) is 23.6. The molecular formula is C9H14FN2O15P3. The van der Waals surface area contributed by atoms with Crippen LogP contribution in [0.3, 0.4) is 0 Å². The minimum absolute atomic E-state index is 0.161. The van der Waals surface area contributed by atoms with Crippen molar-refractivity contribution in [2.45, 2.75) is 24.3 Å². The van der Waals surface area contributed by atoms with Gasteiger partial charge in [0.1, 0.15) is 18.8 Å². The van der Waals surface area contributed by atoms with Crippen molar-refractivity contribution in [2.75, 3.05) is 6.61 Å². The Bertz CT molecular complexity index is 1100. The van der Waals surface area contributed by atoms with Gasteiger partial charge >= 0.3 is 29.2 Å². The van der Waals surface area contributed by atoms with Gasteiger partial charge in [0.2, 0.25) is 0 Å². The van der Waals surface area contributed by atoms with E-state index < -0.39 is 65.6 Å². The van der Waals surface area contributed by atoms with Crippen LogP contribution in [0.5, 0.6) is 0 Å². The van der Waals surface area contributed by atoms with Crippen molar-refractivity contribution >= 4 is 23.5 Å². The maximum atomic E-state index is 14.9. The Kier molecular flexibility index (Phi) is 6.63. The van der Waals surface area contributed by atoms with Crippen molar-refractivity contribution in [2.24, 2.45) is 0 Å². The second-order valence-electron chi connectivity index (χ2n) is 5.46. The molecule has 30 heavy (non-hydrogen) atoms. The van der Waals surface area contributed by atoms with Gasteiger partial charge in [-0.2, -0.15) is 8.62 Å². The Morgan fingerprint density at radius 2 is 1.80 bits per heavy atom. The van der Waals surface area contributed by atoms with E-state index in [4.69, 9.17) is 16.1 Å². The third-order valence-corrected chi connectivity index (χ3v) is 6.95. The summed E-state index contributed by atoms with van der Waals surface area (Å²) in [7, 11) is -17.5. The molecule has 0 bridgehead atoms. The minimum Gasteiger partial charge on any atom is -0.385 e. The summed E-state index contributed by atoms with van der Waals surface area (Å²) in [5.41, 5.74) is -2.30. The zero-order valence-corrected chi connectivity index (χ0v) is 16.7. The quantitative estimate of drug-likeness (QED) is 0.186. The van der Waals surface area contributed by atoms with E-state index >= 15 is 0 Å². The Labute approximate surface area is 165 Å². The highest BCUT2D eigenvalue weighted by Gasteiger charge is 2.57. The lowest BCUT2D eigenvalue weighted by atomic mass is 10.1. The molecule has 1 aromatic heterocycles. The molecule has 2 rings (SSSR count). The van der Waals surface area contributed by atoms with Gasteiger partial charge in [0.15, 0.2) is 6.20 Å². The number of aromatic amines is 1. The van der Waals surface area contributed by atoms with Crippen LogP contribution in [0.25, 0.3) is 0 Å². The molecule has 0 aromatic carbocycles. The molecule has 21 heteroatoms. The summed E-state index contributed by atoms with van der Waals surface area (Å²) in [6.45, 7) is -1.88. The van der Waals surface area contributed by atoms with Crippen molar-refractivity contribution < 1.29 is 67.1 Å². The first-order valence-electron chi connectivity index (χ1n) is 7.66. The van der Waals surface area contributed by atoms with Crippen LogP contribution in [0.2, 0.25) is 0 Å². The predicted molar refractivity (Wildman–Crippen MR) is 87.1 cm³/mol. The Morgan fingerprint density at radius 1 is 1.20 bits per heavy atom. The van der Waals surface area contributed by atoms with Crippen LogP contribution in [0.1, 0.15) is 7.57 Å². The van der Waals surface area contributed by atoms with Gasteiger partial charge in [-0.1, -0.05) is 0 Å². The molecule has 17 nitrogen and oxygen atoms in total.